The quantitative estimate of drug-likeness (QED) is 0.621. The van der Waals surface area contributed by atoms with Gasteiger partial charge >= 0.3 is 6.18 Å². The Morgan fingerprint density at radius 3 is 2.74 bits per heavy atom. The summed E-state index contributed by atoms with van der Waals surface area (Å²) in [5, 5.41) is 4.00. The Kier molecular flexibility index (Phi) is 6.88. The second-order valence-electron chi connectivity index (χ2n) is 6.28. The third-order valence-electron chi connectivity index (χ3n) is 4.43. The van der Waals surface area contributed by atoms with Gasteiger partial charge in [0.05, 0.1) is 6.54 Å². The minimum atomic E-state index is -4.10. The summed E-state index contributed by atoms with van der Waals surface area (Å²) in [5.41, 5.74) is 0. The van der Waals surface area contributed by atoms with E-state index in [1.165, 1.54) is 4.90 Å². The van der Waals surface area contributed by atoms with Crippen LogP contribution in [-0.2, 0) is 0 Å². The zero-order chi connectivity index (χ0) is 16.9. The van der Waals surface area contributed by atoms with Crippen molar-refractivity contribution < 1.29 is 13.2 Å². The lowest BCUT2D eigenvalue weighted by atomic mass is 10.1. The highest BCUT2D eigenvalue weighted by molar-refractivity contribution is 8.00. The SMILES string of the molecule is CCC1CN(C(=NC)NCC2CCN(CC(F)(F)F)C2)CCS1. The highest BCUT2D eigenvalue weighted by atomic mass is 32.2. The molecule has 0 bridgehead atoms. The maximum Gasteiger partial charge on any atom is 0.401 e. The predicted molar refractivity (Wildman–Crippen MR) is 90.1 cm³/mol. The molecular formula is C15H27F3N4S. The molecule has 0 aromatic rings. The lowest BCUT2D eigenvalue weighted by molar-refractivity contribution is -0.143. The first-order valence-corrected chi connectivity index (χ1v) is 9.32. The number of aliphatic imine (C=N–C) groups is 1. The van der Waals surface area contributed by atoms with Crippen molar-refractivity contribution in [3.05, 3.63) is 0 Å². The first kappa shape index (κ1) is 18.7. The zero-order valence-electron chi connectivity index (χ0n) is 13.9. The van der Waals surface area contributed by atoms with Crippen LogP contribution < -0.4 is 5.32 Å². The van der Waals surface area contributed by atoms with Gasteiger partial charge in [-0.25, -0.2) is 0 Å². The number of hydrogen-bond donors (Lipinski definition) is 1. The molecule has 0 aromatic heterocycles. The van der Waals surface area contributed by atoms with Gasteiger partial charge in [0.25, 0.3) is 0 Å². The number of guanidine groups is 1. The van der Waals surface area contributed by atoms with Gasteiger partial charge < -0.3 is 10.2 Å². The molecule has 0 aliphatic carbocycles. The average Bonchev–Trinajstić information content (AvgIpc) is 2.93. The van der Waals surface area contributed by atoms with Gasteiger partial charge in [-0.15, -0.1) is 0 Å². The summed E-state index contributed by atoms with van der Waals surface area (Å²) in [4.78, 5) is 8.12. The van der Waals surface area contributed by atoms with Crippen LogP contribution in [0.5, 0.6) is 0 Å². The number of likely N-dealkylation sites (tertiary alicyclic amines) is 1. The summed E-state index contributed by atoms with van der Waals surface area (Å²) >= 11 is 2.01. The molecule has 23 heavy (non-hydrogen) atoms. The molecule has 0 aromatic carbocycles. The fourth-order valence-corrected chi connectivity index (χ4v) is 4.38. The number of alkyl halides is 3. The molecule has 4 nitrogen and oxygen atoms in total. The van der Waals surface area contributed by atoms with Crippen molar-refractivity contribution >= 4 is 17.7 Å². The molecule has 0 amide bonds. The molecule has 0 radical (unpaired) electrons. The van der Waals surface area contributed by atoms with E-state index in [9.17, 15) is 13.2 Å². The van der Waals surface area contributed by atoms with Crippen LogP contribution in [-0.4, -0.2) is 79.3 Å². The van der Waals surface area contributed by atoms with E-state index < -0.39 is 12.7 Å². The minimum Gasteiger partial charge on any atom is -0.356 e. The van der Waals surface area contributed by atoms with Crippen LogP contribution in [0.3, 0.4) is 0 Å². The molecule has 2 atom stereocenters. The van der Waals surface area contributed by atoms with Crippen LogP contribution in [0.15, 0.2) is 4.99 Å². The lowest BCUT2D eigenvalue weighted by Crippen LogP contribution is -2.49. The highest BCUT2D eigenvalue weighted by Crippen LogP contribution is 2.23. The van der Waals surface area contributed by atoms with Gasteiger partial charge in [0.2, 0.25) is 0 Å². The molecule has 2 saturated heterocycles. The first-order chi connectivity index (χ1) is 10.9. The molecular weight excluding hydrogens is 325 g/mol. The molecule has 2 unspecified atom stereocenters. The molecule has 2 heterocycles. The standard InChI is InChI=1S/C15H27F3N4S/c1-3-13-10-22(6-7-23-13)14(19-2)20-8-12-4-5-21(9-12)11-15(16,17)18/h12-13H,3-11H2,1-2H3,(H,19,20). The van der Waals surface area contributed by atoms with Crippen molar-refractivity contribution in [2.45, 2.75) is 31.2 Å². The van der Waals surface area contributed by atoms with Gasteiger partial charge in [0.1, 0.15) is 0 Å². The van der Waals surface area contributed by atoms with Gasteiger partial charge in [-0.3, -0.25) is 9.89 Å². The third-order valence-corrected chi connectivity index (χ3v) is 5.80. The second kappa shape index (κ2) is 8.46. The lowest BCUT2D eigenvalue weighted by Gasteiger charge is -2.34. The number of rotatable bonds is 4. The van der Waals surface area contributed by atoms with Crippen molar-refractivity contribution in [3.8, 4) is 0 Å². The number of nitrogens with one attached hydrogen (secondary N) is 1. The van der Waals surface area contributed by atoms with Gasteiger partial charge in [-0.1, -0.05) is 6.92 Å². The topological polar surface area (TPSA) is 30.9 Å². The van der Waals surface area contributed by atoms with E-state index in [0.29, 0.717) is 24.9 Å². The highest BCUT2D eigenvalue weighted by Gasteiger charge is 2.34. The summed E-state index contributed by atoms with van der Waals surface area (Å²) < 4.78 is 37.3. The van der Waals surface area contributed by atoms with E-state index in [2.05, 4.69) is 22.1 Å². The van der Waals surface area contributed by atoms with Crippen LogP contribution in [0.25, 0.3) is 0 Å². The maximum atomic E-state index is 12.4. The number of thioether (sulfide) groups is 1. The number of nitrogens with zero attached hydrogens (tertiary/aromatic N) is 3. The Morgan fingerprint density at radius 2 is 2.09 bits per heavy atom. The Hall–Kier alpha value is -0.630. The fraction of sp³-hybridized carbons (Fsp3) is 0.933. The Morgan fingerprint density at radius 1 is 1.30 bits per heavy atom. The fourth-order valence-electron chi connectivity index (χ4n) is 3.20. The van der Waals surface area contributed by atoms with Gasteiger partial charge in [-0.05, 0) is 25.3 Å². The van der Waals surface area contributed by atoms with E-state index >= 15 is 0 Å². The van der Waals surface area contributed by atoms with Crippen LogP contribution in [0, 0.1) is 5.92 Å². The van der Waals surface area contributed by atoms with Crippen LogP contribution in [0.4, 0.5) is 13.2 Å². The van der Waals surface area contributed by atoms with Crippen molar-refractivity contribution in [3.63, 3.8) is 0 Å². The van der Waals surface area contributed by atoms with E-state index in [-0.39, 0.29) is 5.92 Å². The zero-order valence-corrected chi connectivity index (χ0v) is 14.7. The van der Waals surface area contributed by atoms with Gasteiger partial charge in [-0.2, -0.15) is 24.9 Å². The maximum absolute atomic E-state index is 12.4. The van der Waals surface area contributed by atoms with Crippen molar-refractivity contribution in [1.82, 2.24) is 15.1 Å². The normalized spacial score (nSPS) is 27.5. The smallest absolute Gasteiger partial charge is 0.356 e. The second-order valence-corrected chi connectivity index (χ2v) is 7.69. The largest absolute Gasteiger partial charge is 0.401 e. The molecule has 1 N–H and O–H groups in total. The van der Waals surface area contributed by atoms with Crippen molar-refractivity contribution in [2.75, 3.05) is 52.1 Å². The summed E-state index contributed by atoms with van der Waals surface area (Å²) in [6, 6.07) is 0. The molecule has 8 heteroatoms. The average molecular weight is 352 g/mol. The summed E-state index contributed by atoms with van der Waals surface area (Å²) in [6.45, 7) is 5.11. The van der Waals surface area contributed by atoms with Crippen LogP contribution in [0.2, 0.25) is 0 Å². The summed E-state index contributed by atoms with van der Waals surface area (Å²) in [7, 11) is 1.77. The third kappa shape index (κ3) is 6.06. The molecule has 2 aliphatic heterocycles. The van der Waals surface area contributed by atoms with Gasteiger partial charge in [0.15, 0.2) is 5.96 Å². The monoisotopic (exact) mass is 352 g/mol. The molecule has 0 saturated carbocycles. The van der Waals surface area contributed by atoms with E-state index in [4.69, 9.17) is 0 Å². The Balaban J connectivity index is 1.76. The Labute approximate surface area is 140 Å². The predicted octanol–water partition coefficient (Wildman–Crippen LogP) is 2.27. The summed E-state index contributed by atoms with van der Waals surface area (Å²) in [5.74, 6) is 2.25. The molecule has 2 aliphatic rings. The first-order valence-electron chi connectivity index (χ1n) is 8.27. The van der Waals surface area contributed by atoms with Crippen molar-refractivity contribution in [2.24, 2.45) is 10.9 Å². The number of halogens is 3. The van der Waals surface area contributed by atoms with Crippen LogP contribution in [0.1, 0.15) is 19.8 Å². The molecule has 0 spiro atoms. The van der Waals surface area contributed by atoms with E-state index in [0.717, 1.165) is 37.6 Å². The van der Waals surface area contributed by atoms with Crippen LogP contribution >= 0.6 is 11.8 Å². The number of hydrogen-bond acceptors (Lipinski definition) is 3. The van der Waals surface area contributed by atoms with Gasteiger partial charge in [0, 0.05) is 44.2 Å². The molecule has 2 fully saturated rings. The summed E-state index contributed by atoms with van der Waals surface area (Å²) in [6.07, 6.45) is -2.14. The van der Waals surface area contributed by atoms with Crippen molar-refractivity contribution in [1.29, 1.82) is 0 Å². The molecule has 134 valence electrons. The minimum absolute atomic E-state index is 0.259. The van der Waals surface area contributed by atoms with E-state index in [1.807, 2.05) is 11.8 Å². The van der Waals surface area contributed by atoms with E-state index in [1.54, 1.807) is 7.05 Å². The molecule has 2 rings (SSSR count). The Bertz CT molecular complexity index is 403.